The van der Waals surface area contributed by atoms with Gasteiger partial charge in [0.2, 0.25) is 11.8 Å². The Balaban J connectivity index is 1.37. The number of halogens is 3. The van der Waals surface area contributed by atoms with E-state index >= 15 is 0 Å². The largest absolute Gasteiger partial charge is 0.446 e. The molecular weight excluding hydrogens is 710 g/mol. The van der Waals surface area contributed by atoms with E-state index < -0.39 is 78.1 Å². The van der Waals surface area contributed by atoms with Crippen molar-refractivity contribution in [3.8, 4) is 0 Å². The van der Waals surface area contributed by atoms with Gasteiger partial charge in [0.15, 0.2) is 0 Å². The highest BCUT2D eigenvalue weighted by molar-refractivity contribution is 7.54. The minimum atomic E-state index is -4.83. The molecule has 5 atom stereocenters. The van der Waals surface area contributed by atoms with Crippen LogP contribution in [-0.2, 0) is 29.8 Å². The van der Waals surface area contributed by atoms with Crippen LogP contribution >= 0.6 is 7.60 Å². The number of alkyl halides is 3. The number of ether oxygens (including phenoxy) is 2. The number of piperidine rings is 1. The SMILES string of the molecule is CC1CC1(NC(=O)[C@@H]1C[C@@H](OC(=O)Nc2cc(C(F)(F)F)ccc2N2CCCCC2)CN1C(=O)[C@@H](NC(=O)OC1CCCC1)C(C)(C)C)P(=O)(O)O. The second-order valence-electron chi connectivity index (χ2n) is 15.5. The number of carbonyl (C=O) groups is 4. The van der Waals surface area contributed by atoms with Crippen LogP contribution in [0.3, 0.4) is 0 Å². The normalized spacial score (nSPS) is 26.1. The van der Waals surface area contributed by atoms with Crippen LogP contribution in [0.2, 0.25) is 0 Å². The lowest BCUT2D eigenvalue weighted by Crippen LogP contribution is -2.58. The van der Waals surface area contributed by atoms with Crippen molar-refractivity contribution in [3.63, 3.8) is 0 Å². The van der Waals surface area contributed by atoms with Crippen molar-refractivity contribution in [2.24, 2.45) is 11.3 Å². The van der Waals surface area contributed by atoms with E-state index in [2.05, 4.69) is 16.0 Å². The summed E-state index contributed by atoms with van der Waals surface area (Å²) in [7, 11) is -4.83. The molecule has 52 heavy (non-hydrogen) atoms. The van der Waals surface area contributed by atoms with Crippen LogP contribution in [0.15, 0.2) is 18.2 Å². The molecule has 2 aliphatic heterocycles. The summed E-state index contributed by atoms with van der Waals surface area (Å²) in [5, 5.41) is 5.69. The van der Waals surface area contributed by atoms with Crippen molar-refractivity contribution >= 4 is 43.0 Å². The van der Waals surface area contributed by atoms with Crippen LogP contribution in [0.4, 0.5) is 34.1 Å². The van der Waals surface area contributed by atoms with E-state index in [1.54, 1.807) is 27.7 Å². The summed E-state index contributed by atoms with van der Waals surface area (Å²) in [6.07, 6.45) is -2.55. The van der Waals surface area contributed by atoms with Gasteiger partial charge in [-0.2, -0.15) is 13.2 Å². The number of alkyl carbamates (subject to hydrolysis) is 1. The monoisotopic (exact) mass is 759 g/mol. The van der Waals surface area contributed by atoms with Gasteiger partial charge < -0.3 is 39.7 Å². The highest BCUT2D eigenvalue weighted by Gasteiger charge is 2.65. The Labute approximate surface area is 300 Å². The Kier molecular flexibility index (Phi) is 11.5. The van der Waals surface area contributed by atoms with Crippen LogP contribution in [0.25, 0.3) is 0 Å². The van der Waals surface area contributed by atoms with Crippen molar-refractivity contribution in [1.29, 1.82) is 0 Å². The van der Waals surface area contributed by atoms with Gasteiger partial charge in [-0.3, -0.25) is 19.5 Å². The molecule has 4 amide bonds. The lowest BCUT2D eigenvalue weighted by Gasteiger charge is -2.35. The standard InChI is InChI=1S/C34H49F3N5O9P/c1-20-18-33(20,52(47,48)49)40-28(43)26-17-23(19-42(26)29(44)27(32(2,3)4)39-31(46)50-22-10-6-7-11-22)51-30(45)38-24-16-21(34(35,36)37)12-13-25(24)41-14-8-5-9-15-41/h12-13,16,20,22-23,26-27H,5-11,14-15,17-19H2,1-4H3,(H,38,45)(H,39,46)(H,40,43)(H2,47,48,49)/t20?,23-,26+,27-,33?/m1/s1. The number of hydrogen-bond acceptors (Lipinski definition) is 8. The molecule has 5 rings (SSSR count). The number of carbonyl (C=O) groups excluding carboxylic acids is 4. The van der Waals surface area contributed by atoms with Gasteiger partial charge in [0.1, 0.15) is 29.6 Å². The zero-order valence-corrected chi connectivity index (χ0v) is 30.7. The summed E-state index contributed by atoms with van der Waals surface area (Å²) in [5.41, 5.74) is -1.62. The van der Waals surface area contributed by atoms with E-state index in [0.29, 0.717) is 31.6 Å². The minimum Gasteiger partial charge on any atom is -0.446 e. The number of amides is 4. The predicted octanol–water partition coefficient (Wildman–Crippen LogP) is 5.33. The van der Waals surface area contributed by atoms with Crippen LogP contribution < -0.4 is 20.9 Å². The molecule has 1 aromatic carbocycles. The Hall–Kier alpha value is -3.56. The van der Waals surface area contributed by atoms with Crippen LogP contribution in [-0.4, -0.2) is 87.9 Å². The van der Waals surface area contributed by atoms with E-state index in [1.807, 2.05) is 4.90 Å². The average Bonchev–Trinajstić information content (AvgIpc) is 3.35. The first-order valence-electron chi connectivity index (χ1n) is 17.8. The topological polar surface area (TPSA) is 187 Å². The highest BCUT2D eigenvalue weighted by Crippen LogP contribution is 2.66. The third kappa shape index (κ3) is 8.96. The van der Waals surface area contributed by atoms with E-state index in [-0.39, 0.29) is 31.2 Å². The molecule has 0 aromatic heterocycles. The molecule has 2 unspecified atom stereocenters. The number of nitrogens with one attached hydrogen (secondary N) is 3. The Morgan fingerprint density at radius 1 is 0.962 bits per heavy atom. The first-order valence-corrected chi connectivity index (χ1v) is 19.4. The lowest BCUT2D eigenvalue weighted by molar-refractivity contribution is -0.142. The van der Waals surface area contributed by atoms with Crippen LogP contribution in [0.1, 0.15) is 91.0 Å². The van der Waals surface area contributed by atoms with Gasteiger partial charge in [0.25, 0.3) is 0 Å². The molecule has 0 radical (unpaired) electrons. The van der Waals surface area contributed by atoms with Gasteiger partial charge in [0, 0.05) is 19.5 Å². The van der Waals surface area contributed by atoms with Gasteiger partial charge in [-0.15, -0.1) is 0 Å². The molecular formula is C34H49F3N5O9P. The Morgan fingerprint density at radius 2 is 1.58 bits per heavy atom. The maximum absolute atomic E-state index is 14.2. The quantitative estimate of drug-likeness (QED) is 0.206. The molecule has 2 saturated heterocycles. The van der Waals surface area contributed by atoms with Crippen molar-refractivity contribution in [1.82, 2.24) is 15.5 Å². The number of benzene rings is 1. The summed E-state index contributed by atoms with van der Waals surface area (Å²) in [6.45, 7) is 7.46. The number of likely N-dealkylation sites (tertiary alicyclic amines) is 1. The molecule has 5 N–H and O–H groups in total. The number of anilines is 2. The molecule has 290 valence electrons. The predicted molar refractivity (Wildman–Crippen MR) is 183 cm³/mol. The number of nitrogens with zero attached hydrogens (tertiary/aromatic N) is 2. The van der Waals surface area contributed by atoms with Crippen LogP contribution in [0, 0.1) is 11.3 Å². The molecule has 2 saturated carbocycles. The Bertz CT molecular complexity index is 1570. The summed E-state index contributed by atoms with van der Waals surface area (Å²) in [6, 6.07) is 0.466. The maximum atomic E-state index is 14.2. The molecule has 4 fully saturated rings. The summed E-state index contributed by atoms with van der Waals surface area (Å²) in [5.74, 6) is -2.17. The molecule has 0 bridgehead atoms. The molecule has 2 heterocycles. The third-order valence-electron chi connectivity index (χ3n) is 10.5. The zero-order valence-electron chi connectivity index (χ0n) is 29.8. The van der Waals surface area contributed by atoms with E-state index in [4.69, 9.17) is 9.47 Å². The minimum absolute atomic E-state index is 0.00153. The summed E-state index contributed by atoms with van der Waals surface area (Å²) in [4.78, 5) is 77.4. The van der Waals surface area contributed by atoms with Gasteiger partial charge in [0.05, 0.1) is 23.5 Å². The number of rotatable bonds is 9. The van der Waals surface area contributed by atoms with E-state index in [0.717, 1.165) is 49.1 Å². The second-order valence-corrected chi connectivity index (χ2v) is 17.4. The number of hydrogen-bond donors (Lipinski definition) is 5. The molecule has 1 aromatic rings. The lowest BCUT2D eigenvalue weighted by atomic mass is 9.85. The summed E-state index contributed by atoms with van der Waals surface area (Å²) < 4.78 is 64.6. The average molecular weight is 760 g/mol. The van der Waals surface area contributed by atoms with Gasteiger partial charge in [-0.25, -0.2) is 9.59 Å². The second kappa shape index (κ2) is 15.1. The molecule has 4 aliphatic rings. The van der Waals surface area contributed by atoms with Crippen molar-refractivity contribution in [3.05, 3.63) is 23.8 Å². The molecule has 14 nitrogen and oxygen atoms in total. The van der Waals surface area contributed by atoms with Gasteiger partial charge in [-0.1, -0.05) is 27.7 Å². The fourth-order valence-corrected chi connectivity index (χ4v) is 8.71. The molecule has 18 heteroatoms. The first-order chi connectivity index (χ1) is 24.2. The molecule has 0 spiro atoms. The molecule has 2 aliphatic carbocycles. The zero-order chi connectivity index (χ0) is 38.2. The van der Waals surface area contributed by atoms with Crippen molar-refractivity contribution in [2.75, 3.05) is 29.9 Å². The van der Waals surface area contributed by atoms with Crippen molar-refractivity contribution in [2.45, 2.75) is 121 Å². The van der Waals surface area contributed by atoms with Gasteiger partial charge in [-0.05, 0) is 80.9 Å². The third-order valence-corrected chi connectivity index (χ3v) is 12.2. The fourth-order valence-electron chi connectivity index (χ4n) is 7.37. The highest BCUT2D eigenvalue weighted by atomic mass is 31.2. The fraction of sp³-hybridized carbons (Fsp3) is 0.706. The van der Waals surface area contributed by atoms with Crippen molar-refractivity contribution < 1.29 is 56.2 Å². The van der Waals surface area contributed by atoms with E-state index in [1.165, 1.54) is 6.07 Å². The van der Waals surface area contributed by atoms with Crippen LogP contribution in [0.5, 0.6) is 0 Å². The van der Waals surface area contributed by atoms with Gasteiger partial charge >= 0.3 is 26.0 Å². The van der Waals surface area contributed by atoms with E-state index in [9.17, 15) is 46.7 Å². The Morgan fingerprint density at radius 3 is 2.13 bits per heavy atom. The smallest absolute Gasteiger partial charge is 0.416 e. The first kappa shape index (κ1) is 39.6. The summed E-state index contributed by atoms with van der Waals surface area (Å²) >= 11 is 0. The maximum Gasteiger partial charge on any atom is 0.416 e.